The highest BCUT2D eigenvalue weighted by Gasteiger charge is 2.37. The van der Waals surface area contributed by atoms with E-state index >= 15 is 0 Å². The monoisotopic (exact) mass is 335 g/mol. The topological polar surface area (TPSA) is 62.2 Å². The molecule has 1 aromatic carbocycles. The summed E-state index contributed by atoms with van der Waals surface area (Å²) in [7, 11) is 0. The number of benzene rings is 1. The average Bonchev–Trinajstić information content (AvgIpc) is 2.76. The van der Waals surface area contributed by atoms with Crippen molar-refractivity contribution in [2.75, 3.05) is 39.5 Å². The standard InChI is InChI=1S/C19H29NO4/c21-18(9-5-2-6-10-18)13-20-11-12-23-15-19(22,14-20)16-24-17-7-3-1-4-8-17/h1,3-4,7-8,21-22H,2,5-6,9-16H2/t19-/m1/s1. The van der Waals surface area contributed by atoms with Crippen molar-refractivity contribution < 1.29 is 19.7 Å². The maximum Gasteiger partial charge on any atom is 0.134 e. The Hall–Kier alpha value is -1.14. The Bertz CT molecular complexity index is 503. The van der Waals surface area contributed by atoms with Crippen molar-refractivity contribution in [2.24, 2.45) is 0 Å². The summed E-state index contributed by atoms with van der Waals surface area (Å²) >= 11 is 0. The van der Waals surface area contributed by atoms with Gasteiger partial charge >= 0.3 is 0 Å². The molecule has 5 heteroatoms. The molecule has 1 atom stereocenters. The zero-order valence-electron chi connectivity index (χ0n) is 14.3. The summed E-state index contributed by atoms with van der Waals surface area (Å²) in [5, 5.41) is 21.7. The molecule has 0 amide bonds. The van der Waals surface area contributed by atoms with Gasteiger partial charge < -0.3 is 19.7 Å². The van der Waals surface area contributed by atoms with Crippen LogP contribution in [0.4, 0.5) is 0 Å². The Kier molecular flexibility index (Phi) is 5.76. The number of rotatable bonds is 5. The quantitative estimate of drug-likeness (QED) is 0.859. The molecule has 2 N–H and O–H groups in total. The number of para-hydroxylation sites is 1. The van der Waals surface area contributed by atoms with E-state index in [2.05, 4.69) is 4.90 Å². The van der Waals surface area contributed by atoms with Gasteiger partial charge in [-0.05, 0) is 25.0 Å². The van der Waals surface area contributed by atoms with E-state index in [9.17, 15) is 10.2 Å². The molecule has 1 aliphatic carbocycles. The number of aliphatic hydroxyl groups is 2. The van der Waals surface area contributed by atoms with Crippen LogP contribution in [0.5, 0.6) is 5.75 Å². The summed E-state index contributed by atoms with van der Waals surface area (Å²) in [5.41, 5.74) is -1.68. The zero-order valence-corrected chi connectivity index (χ0v) is 14.3. The molecule has 2 aliphatic rings. The molecule has 1 aromatic rings. The van der Waals surface area contributed by atoms with Crippen LogP contribution in [0.2, 0.25) is 0 Å². The van der Waals surface area contributed by atoms with Crippen molar-refractivity contribution in [3.05, 3.63) is 30.3 Å². The first-order valence-electron chi connectivity index (χ1n) is 9.00. The molecular formula is C19H29NO4. The largest absolute Gasteiger partial charge is 0.490 e. The van der Waals surface area contributed by atoms with Crippen molar-refractivity contribution >= 4 is 0 Å². The van der Waals surface area contributed by atoms with E-state index in [1.165, 1.54) is 6.42 Å². The lowest BCUT2D eigenvalue weighted by molar-refractivity contribution is -0.0759. The Morgan fingerprint density at radius 3 is 2.54 bits per heavy atom. The van der Waals surface area contributed by atoms with E-state index < -0.39 is 11.2 Å². The predicted octanol–water partition coefficient (Wildman–Crippen LogP) is 1.82. The minimum absolute atomic E-state index is 0.186. The molecule has 1 saturated heterocycles. The molecule has 3 rings (SSSR count). The van der Waals surface area contributed by atoms with Gasteiger partial charge in [0.25, 0.3) is 0 Å². The lowest BCUT2D eigenvalue weighted by Crippen LogP contribution is -2.53. The van der Waals surface area contributed by atoms with Crippen LogP contribution in [0.3, 0.4) is 0 Å². The number of β-amino-alcohol motifs (C(OH)–C–C–N with tert-alkyl or cyclic N) is 2. The van der Waals surface area contributed by atoms with Crippen molar-refractivity contribution in [2.45, 2.75) is 43.3 Å². The Labute approximate surface area is 144 Å². The molecule has 134 valence electrons. The Morgan fingerprint density at radius 1 is 1.04 bits per heavy atom. The van der Waals surface area contributed by atoms with Crippen molar-refractivity contribution in [3.8, 4) is 5.75 Å². The van der Waals surface area contributed by atoms with Crippen LogP contribution in [0.25, 0.3) is 0 Å². The molecule has 1 heterocycles. The number of hydrogen-bond donors (Lipinski definition) is 2. The number of ether oxygens (including phenoxy) is 2. The summed E-state index contributed by atoms with van der Waals surface area (Å²) in [4.78, 5) is 2.13. The van der Waals surface area contributed by atoms with Crippen LogP contribution in [-0.4, -0.2) is 65.8 Å². The van der Waals surface area contributed by atoms with E-state index in [0.717, 1.165) is 38.0 Å². The fraction of sp³-hybridized carbons (Fsp3) is 0.684. The normalized spacial score (nSPS) is 28.2. The first-order chi connectivity index (χ1) is 11.6. The van der Waals surface area contributed by atoms with Crippen LogP contribution >= 0.6 is 0 Å². The van der Waals surface area contributed by atoms with Gasteiger partial charge in [0.15, 0.2) is 0 Å². The summed E-state index contributed by atoms with van der Waals surface area (Å²) < 4.78 is 11.3. The average molecular weight is 335 g/mol. The fourth-order valence-electron chi connectivity index (χ4n) is 3.74. The third kappa shape index (κ3) is 4.93. The maximum atomic E-state index is 10.9. The molecule has 0 unspecified atom stereocenters. The fourth-order valence-corrected chi connectivity index (χ4v) is 3.74. The minimum atomic E-state index is -1.06. The highest BCUT2D eigenvalue weighted by atomic mass is 16.5. The molecule has 5 nitrogen and oxygen atoms in total. The summed E-state index contributed by atoms with van der Waals surface area (Å²) in [6, 6.07) is 9.51. The van der Waals surface area contributed by atoms with Crippen LogP contribution in [0.15, 0.2) is 30.3 Å². The van der Waals surface area contributed by atoms with Crippen LogP contribution < -0.4 is 4.74 Å². The first-order valence-corrected chi connectivity index (χ1v) is 9.00. The van der Waals surface area contributed by atoms with Crippen molar-refractivity contribution in [3.63, 3.8) is 0 Å². The van der Waals surface area contributed by atoms with Gasteiger partial charge in [-0.3, -0.25) is 4.90 Å². The smallest absolute Gasteiger partial charge is 0.134 e. The van der Waals surface area contributed by atoms with Crippen LogP contribution in [0.1, 0.15) is 32.1 Å². The number of hydrogen-bond acceptors (Lipinski definition) is 5. The Morgan fingerprint density at radius 2 is 1.79 bits per heavy atom. The molecule has 0 spiro atoms. The second-order valence-electron chi connectivity index (χ2n) is 7.37. The molecule has 2 fully saturated rings. The van der Waals surface area contributed by atoms with Gasteiger partial charge in [0.05, 0.1) is 18.8 Å². The van der Waals surface area contributed by atoms with Gasteiger partial charge in [-0.2, -0.15) is 0 Å². The second kappa shape index (κ2) is 7.83. The van der Waals surface area contributed by atoms with Gasteiger partial charge in [0.1, 0.15) is 18.0 Å². The predicted molar refractivity (Wildman–Crippen MR) is 92.2 cm³/mol. The van der Waals surface area contributed by atoms with Crippen molar-refractivity contribution in [1.82, 2.24) is 4.90 Å². The SMILES string of the molecule is OC1(CN2CCOC[C@@](O)(COc3ccccc3)C2)CCCCC1. The maximum absolute atomic E-state index is 10.9. The third-order valence-corrected chi connectivity index (χ3v) is 4.99. The lowest BCUT2D eigenvalue weighted by atomic mass is 9.84. The first kappa shape index (κ1) is 17.7. The number of nitrogens with zero attached hydrogens (tertiary/aromatic N) is 1. The summed E-state index contributed by atoms with van der Waals surface area (Å²) in [6.45, 7) is 2.81. The highest BCUT2D eigenvalue weighted by Crippen LogP contribution is 2.29. The summed E-state index contributed by atoms with van der Waals surface area (Å²) in [5.74, 6) is 0.743. The molecule has 1 aliphatic heterocycles. The van der Waals surface area contributed by atoms with E-state index in [1.54, 1.807) is 0 Å². The minimum Gasteiger partial charge on any atom is -0.490 e. The van der Waals surface area contributed by atoms with E-state index in [4.69, 9.17) is 9.47 Å². The molecular weight excluding hydrogens is 306 g/mol. The Balaban J connectivity index is 1.58. The molecule has 0 radical (unpaired) electrons. The third-order valence-electron chi connectivity index (χ3n) is 4.99. The van der Waals surface area contributed by atoms with Crippen LogP contribution in [0, 0.1) is 0 Å². The second-order valence-corrected chi connectivity index (χ2v) is 7.37. The van der Waals surface area contributed by atoms with Gasteiger partial charge in [0.2, 0.25) is 0 Å². The highest BCUT2D eigenvalue weighted by molar-refractivity contribution is 5.21. The van der Waals surface area contributed by atoms with Gasteiger partial charge in [0, 0.05) is 19.6 Å². The molecule has 0 aromatic heterocycles. The van der Waals surface area contributed by atoms with Gasteiger partial charge in [-0.15, -0.1) is 0 Å². The van der Waals surface area contributed by atoms with Gasteiger partial charge in [-0.25, -0.2) is 0 Å². The zero-order chi connectivity index (χ0) is 16.9. The van der Waals surface area contributed by atoms with Gasteiger partial charge in [-0.1, -0.05) is 37.5 Å². The molecule has 0 bridgehead atoms. The summed E-state index contributed by atoms with van der Waals surface area (Å²) in [6.07, 6.45) is 5.08. The van der Waals surface area contributed by atoms with E-state index in [-0.39, 0.29) is 13.2 Å². The molecule has 24 heavy (non-hydrogen) atoms. The van der Waals surface area contributed by atoms with Crippen LogP contribution in [-0.2, 0) is 4.74 Å². The van der Waals surface area contributed by atoms with E-state index in [0.29, 0.717) is 19.7 Å². The van der Waals surface area contributed by atoms with E-state index in [1.807, 2.05) is 30.3 Å². The molecule has 1 saturated carbocycles. The van der Waals surface area contributed by atoms with Crippen molar-refractivity contribution in [1.29, 1.82) is 0 Å². The lowest BCUT2D eigenvalue weighted by Gasteiger charge is -2.38.